The number of rotatable bonds is 11. The zero-order chi connectivity index (χ0) is 20.0. The summed E-state index contributed by atoms with van der Waals surface area (Å²) < 4.78 is 57.0. The minimum atomic E-state index is -4.70. The molecule has 1 aromatic heterocycles. The maximum Gasteiger partial charge on any atom is 0.435 e. The summed E-state index contributed by atoms with van der Waals surface area (Å²) in [7, 11) is -3.58. The van der Waals surface area contributed by atoms with Crippen molar-refractivity contribution >= 4 is 29.5 Å². The van der Waals surface area contributed by atoms with Crippen LogP contribution < -0.4 is 10.2 Å². The van der Waals surface area contributed by atoms with Crippen LogP contribution >= 0.6 is 23.6 Å². The molecule has 0 saturated carbocycles. The smallest absolute Gasteiger partial charge is 0.390 e. The molecule has 0 aliphatic carbocycles. The lowest BCUT2D eigenvalue weighted by molar-refractivity contribution is -0.397. The van der Waals surface area contributed by atoms with Crippen LogP contribution in [-0.4, -0.2) is 39.1 Å². The van der Waals surface area contributed by atoms with Gasteiger partial charge < -0.3 is 10.1 Å². The summed E-state index contributed by atoms with van der Waals surface area (Å²) in [6.45, 7) is 2.22. The SMILES string of the molecule is CCCNP(=O)(NCCBr)OC(C)c1cnc([N+](=O)[O-])n1CC(F)(F)F. The summed E-state index contributed by atoms with van der Waals surface area (Å²) >= 11 is 3.16. The van der Waals surface area contributed by atoms with Gasteiger partial charge in [0.05, 0.1) is 0 Å². The molecule has 150 valence electrons. The first-order chi connectivity index (χ1) is 12.0. The van der Waals surface area contributed by atoms with Crippen LogP contribution in [-0.2, 0) is 15.6 Å². The molecule has 2 atom stereocenters. The van der Waals surface area contributed by atoms with Gasteiger partial charge in [-0.25, -0.2) is 14.7 Å². The van der Waals surface area contributed by atoms with Crippen molar-refractivity contribution in [3.63, 3.8) is 0 Å². The molecule has 0 aliphatic heterocycles. The maximum absolute atomic E-state index is 12.8. The van der Waals surface area contributed by atoms with Crippen molar-refractivity contribution in [2.75, 3.05) is 18.4 Å². The molecule has 0 aromatic carbocycles. The van der Waals surface area contributed by atoms with Gasteiger partial charge in [0.2, 0.25) is 0 Å². The van der Waals surface area contributed by atoms with Gasteiger partial charge in [-0.05, 0) is 18.3 Å². The van der Waals surface area contributed by atoms with Crippen LogP contribution in [0.4, 0.5) is 19.1 Å². The quantitative estimate of drug-likeness (QED) is 0.222. The fraction of sp³-hybridized carbons (Fsp3) is 0.750. The number of alkyl halides is 4. The fourth-order valence-corrected chi connectivity index (χ4v) is 4.29. The second-order valence-corrected chi connectivity index (χ2v) is 7.99. The van der Waals surface area contributed by atoms with E-state index in [1.54, 1.807) is 0 Å². The zero-order valence-corrected chi connectivity index (χ0v) is 16.6. The molecule has 2 N–H and O–H groups in total. The van der Waals surface area contributed by atoms with Crippen LogP contribution in [0.25, 0.3) is 0 Å². The number of nitrogens with one attached hydrogen (secondary N) is 2. The number of hydrogen-bond donors (Lipinski definition) is 2. The Balaban J connectivity index is 3.12. The highest BCUT2D eigenvalue weighted by molar-refractivity contribution is 9.09. The summed E-state index contributed by atoms with van der Waals surface area (Å²) in [5, 5.41) is 16.8. The highest BCUT2D eigenvalue weighted by Crippen LogP contribution is 2.43. The molecule has 9 nitrogen and oxygen atoms in total. The van der Waals surface area contributed by atoms with E-state index in [1.165, 1.54) is 6.92 Å². The number of imidazole rings is 1. The van der Waals surface area contributed by atoms with Crippen LogP contribution in [0.15, 0.2) is 6.20 Å². The highest BCUT2D eigenvalue weighted by Gasteiger charge is 2.38. The topological polar surface area (TPSA) is 111 Å². The van der Waals surface area contributed by atoms with Gasteiger partial charge in [-0.3, -0.25) is 9.09 Å². The fourth-order valence-electron chi connectivity index (χ4n) is 2.05. The Kier molecular flexibility index (Phi) is 8.67. The number of halogens is 4. The first-order valence-corrected chi connectivity index (χ1v) is 10.4. The predicted molar refractivity (Wildman–Crippen MR) is 92.1 cm³/mol. The Labute approximate surface area is 156 Å². The van der Waals surface area contributed by atoms with E-state index in [2.05, 4.69) is 31.1 Å². The summed E-state index contributed by atoms with van der Waals surface area (Å²) in [5.41, 5.74) is -0.201. The molecule has 0 amide bonds. The van der Waals surface area contributed by atoms with Gasteiger partial charge in [-0.1, -0.05) is 27.8 Å². The van der Waals surface area contributed by atoms with Gasteiger partial charge in [0, 0.05) is 18.4 Å². The average Bonchev–Trinajstić information content (AvgIpc) is 2.93. The Hall–Kier alpha value is -1.01. The Bertz CT molecular complexity index is 645. The third-order valence-corrected chi connectivity index (χ3v) is 5.36. The predicted octanol–water partition coefficient (Wildman–Crippen LogP) is 3.52. The monoisotopic (exact) mass is 465 g/mol. The molecular formula is C12H20BrF3N5O4P. The van der Waals surface area contributed by atoms with Crippen LogP contribution in [0.2, 0.25) is 0 Å². The summed E-state index contributed by atoms with van der Waals surface area (Å²) in [5.74, 6) is -0.961. The van der Waals surface area contributed by atoms with E-state index in [0.29, 0.717) is 22.9 Å². The Morgan fingerprint density at radius 1 is 1.46 bits per heavy atom. The normalized spacial score (nSPS) is 15.6. The van der Waals surface area contributed by atoms with Gasteiger partial charge in [0.1, 0.15) is 18.0 Å². The molecule has 14 heteroatoms. The second kappa shape index (κ2) is 9.79. The van der Waals surface area contributed by atoms with Crippen LogP contribution in [0.3, 0.4) is 0 Å². The summed E-state index contributed by atoms with van der Waals surface area (Å²) in [4.78, 5) is 13.3. The summed E-state index contributed by atoms with van der Waals surface area (Å²) in [6.07, 6.45) is -4.27. The zero-order valence-electron chi connectivity index (χ0n) is 14.1. The molecule has 1 heterocycles. The van der Waals surface area contributed by atoms with E-state index in [0.717, 1.165) is 6.20 Å². The van der Waals surface area contributed by atoms with Crippen molar-refractivity contribution in [2.45, 2.75) is 39.1 Å². The van der Waals surface area contributed by atoms with Crippen LogP contribution in [0.1, 0.15) is 32.1 Å². The minimum absolute atomic E-state index is 0.201. The molecule has 0 radical (unpaired) electrons. The molecule has 0 spiro atoms. The molecule has 0 saturated heterocycles. The molecule has 2 unspecified atom stereocenters. The maximum atomic E-state index is 12.8. The molecular weight excluding hydrogens is 446 g/mol. The molecule has 26 heavy (non-hydrogen) atoms. The number of hydrogen-bond acceptors (Lipinski definition) is 5. The van der Waals surface area contributed by atoms with Crippen molar-refractivity contribution in [1.82, 2.24) is 19.7 Å². The summed E-state index contributed by atoms with van der Waals surface area (Å²) in [6, 6.07) is 0. The third-order valence-electron chi connectivity index (χ3n) is 3.07. The molecule has 0 aliphatic rings. The van der Waals surface area contributed by atoms with Gasteiger partial charge in [0.15, 0.2) is 6.54 Å². The van der Waals surface area contributed by atoms with E-state index >= 15 is 0 Å². The van der Waals surface area contributed by atoms with Gasteiger partial charge in [-0.2, -0.15) is 13.2 Å². The Morgan fingerprint density at radius 3 is 2.58 bits per heavy atom. The van der Waals surface area contributed by atoms with Crippen molar-refractivity contribution in [2.24, 2.45) is 0 Å². The van der Waals surface area contributed by atoms with Gasteiger partial charge >= 0.3 is 19.8 Å². The first-order valence-electron chi connectivity index (χ1n) is 7.64. The van der Waals surface area contributed by atoms with Crippen LogP contribution in [0.5, 0.6) is 0 Å². The van der Waals surface area contributed by atoms with E-state index < -0.39 is 37.4 Å². The lowest BCUT2D eigenvalue weighted by Crippen LogP contribution is -2.28. The highest BCUT2D eigenvalue weighted by atomic mass is 79.9. The van der Waals surface area contributed by atoms with E-state index in [1.807, 2.05) is 6.92 Å². The van der Waals surface area contributed by atoms with Crippen molar-refractivity contribution in [3.05, 3.63) is 22.0 Å². The van der Waals surface area contributed by atoms with Crippen LogP contribution in [0, 0.1) is 10.1 Å². The minimum Gasteiger partial charge on any atom is -0.390 e. The van der Waals surface area contributed by atoms with E-state index in [9.17, 15) is 27.9 Å². The third kappa shape index (κ3) is 6.95. The molecule has 1 rings (SSSR count). The van der Waals surface area contributed by atoms with Gasteiger partial charge in [-0.15, -0.1) is 0 Å². The number of nitrogens with zero attached hydrogens (tertiary/aromatic N) is 3. The first kappa shape index (κ1) is 23.0. The van der Waals surface area contributed by atoms with Gasteiger partial charge in [0.25, 0.3) is 0 Å². The molecule has 1 aromatic rings. The van der Waals surface area contributed by atoms with E-state index in [4.69, 9.17) is 4.52 Å². The molecule has 0 bridgehead atoms. The van der Waals surface area contributed by atoms with Crippen molar-refractivity contribution in [1.29, 1.82) is 0 Å². The lowest BCUT2D eigenvalue weighted by Gasteiger charge is -2.23. The number of aromatic nitrogens is 2. The lowest BCUT2D eigenvalue weighted by atomic mass is 10.3. The standard InChI is InChI=1S/C12H20BrF3N5O4P/c1-3-5-18-26(24,19-6-4-13)25-9(2)10-7-17-11(21(22)23)20(10)8-12(14,15)16/h7,9H,3-6,8H2,1-2H3,(H2,18,19,24). The largest absolute Gasteiger partial charge is 0.435 e. The Morgan fingerprint density at radius 2 is 2.08 bits per heavy atom. The van der Waals surface area contributed by atoms with Crippen molar-refractivity contribution in [3.8, 4) is 0 Å². The average molecular weight is 466 g/mol. The number of nitro groups is 1. The second-order valence-electron chi connectivity index (χ2n) is 5.25. The van der Waals surface area contributed by atoms with Crippen molar-refractivity contribution < 1.29 is 27.2 Å². The van der Waals surface area contributed by atoms with E-state index in [-0.39, 0.29) is 12.2 Å². The molecule has 0 fully saturated rings.